The maximum atomic E-state index is 5.77. The molecule has 1 rings (SSSR count). The molecule has 1 N–H and O–H groups in total. The highest BCUT2D eigenvalue weighted by molar-refractivity contribution is 5.56. The fraction of sp³-hybridized carbons (Fsp3) is 0.571. The average molecular weight is 221 g/mol. The monoisotopic (exact) mass is 221 g/mol. The summed E-state index contributed by atoms with van der Waals surface area (Å²) in [4.78, 5) is 0. The molecule has 90 valence electrons. The molecule has 0 atom stereocenters. The Morgan fingerprint density at radius 3 is 2.38 bits per heavy atom. The van der Waals surface area contributed by atoms with E-state index in [0.717, 1.165) is 24.6 Å². The predicted octanol–water partition coefficient (Wildman–Crippen LogP) is 3.79. The van der Waals surface area contributed by atoms with Crippen LogP contribution >= 0.6 is 0 Å². The quantitative estimate of drug-likeness (QED) is 0.789. The van der Waals surface area contributed by atoms with Gasteiger partial charge in [0.25, 0.3) is 0 Å². The fourth-order valence-electron chi connectivity index (χ4n) is 1.31. The Morgan fingerprint density at radius 1 is 1.06 bits per heavy atom. The molecule has 1 aromatic rings. The molecular weight excluding hydrogens is 198 g/mol. The average Bonchev–Trinajstić information content (AvgIpc) is 2.24. The number of anilines is 1. The minimum absolute atomic E-state index is 0.554. The molecule has 0 fully saturated rings. The Kier molecular flexibility index (Phi) is 5.17. The molecule has 0 aliphatic heterocycles. The first kappa shape index (κ1) is 12.9. The topological polar surface area (TPSA) is 21.3 Å². The van der Waals surface area contributed by atoms with Crippen molar-refractivity contribution >= 4 is 5.69 Å². The molecule has 2 heteroatoms. The van der Waals surface area contributed by atoms with E-state index in [9.17, 15) is 0 Å². The summed E-state index contributed by atoms with van der Waals surface area (Å²) in [6.45, 7) is 10.5. The second kappa shape index (κ2) is 6.41. The number of benzene rings is 1. The molecular formula is C14H23NO. The first-order valence-electron chi connectivity index (χ1n) is 6.05. The lowest BCUT2D eigenvalue weighted by Crippen LogP contribution is -2.11. The third-order valence-corrected chi connectivity index (χ3v) is 2.16. The molecule has 0 spiro atoms. The zero-order valence-electron chi connectivity index (χ0n) is 10.8. The van der Waals surface area contributed by atoms with E-state index in [1.54, 1.807) is 0 Å². The van der Waals surface area contributed by atoms with E-state index in [4.69, 9.17) is 4.74 Å². The number of rotatable bonds is 6. The molecule has 0 unspecified atom stereocenters. The van der Waals surface area contributed by atoms with Crippen LogP contribution in [0.1, 0.15) is 27.7 Å². The van der Waals surface area contributed by atoms with Gasteiger partial charge in [0.2, 0.25) is 0 Å². The summed E-state index contributed by atoms with van der Waals surface area (Å²) in [6.07, 6.45) is 0. The van der Waals surface area contributed by atoms with Crippen molar-refractivity contribution in [3.05, 3.63) is 24.3 Å². The van der Waals surface area contributed by atoms with E-state index >= 15 is 0 Å². The molecule has 0 amide bonds. The molecule has 0 bridgehead atoms. The Balaban J connectivity index is 2.60. The Bertz CT molecular complexity index is 276. The molecule has 0 aliphatic rings. The van der Waals surface area contributed by atoms with Crippen LogP contribution in [-0.4, -0.2) is 13.2 Å². The normalized spacial score (nSPS) is 10.9. The molecule has 1 aromatic carbocycles. The third kappa shape index (κ3) is 4.56. The van der Waals surface area contributed by atoms with Crippen LogP contribution in [0, 0.1) is 11.8 Å². The van der Waals surface area contributed by atoms with Crippen LogP contribution in [0.4, 0.5) is 5.69 Å². The van der Waals surface area contributed by atoms with Crippen LogP contribution in [-0.2, 0) is 0 Å². The van der Waals surface area contributed by atoms with E-state index in [1.165, 1.54) is 0 Å². The molecule has 0 saturated heterocycles. The van der Waals surface area contributed by atoms with Gasteiger partial charge in [0.1, 0.15) is 5.75 Å². The molecule has 0 aromatic heterocycles. The Hall–Kier alpha value is -1.18. The first-order valence-corrected chi connectivity index (χ1v) is 6.05. The van der Waals surface area contributed by atoms with Crippen molar-refractivity contribution in [2.45, 2.75) is 27.7 Å². The van der Waals surface area contributed by atoms with E-state index in [2.05, 4.69) is 39.1 Å². The van der Waals surface area contributed by atoms with Crippen molar-refractivity contribution in [2.24, 2.45) is 11.8 Å². The van der Waals surface area contributed by atoms with Crippen molar-refractivity contribution in [1.29, 1.82) is 0 Å². The van der Waals surface area contributed by atoms with Gasteiger partial charge in [-0.3, -0.25) is 0 Å². The zero-order chi connectivity index (χ0) is 12.0. The molecule has 16 heavy (non-hydrogen) atoms. The van der Waals surface area contributed by atoms with Gasteiger partial charge >= 0.3 is 0 Å². The van der Waals surface area contributed by atoms with Gasteiger partial charge < -0.3 is 10.1 Å². The van der Waals surface area contributed by atoms with Crippen LogP contribution in [0.15, 0.2) is 24.3 Å². The number of nitrogens with one attached hydrogen (secondary N) is 1. The first-order chi connectivity index (χ1) is 7.59. The highest BCUT2D eigenvalue weighted by Crippen LogP contribution is 2.24. The zero-order valence-corrected chi connectivity index (χ0v) is 10.8. The summed E-state index contributed by atoms with van der Waals surface area (Å²) in [5, 5.41) is 3.41. The summed E-state index contributed by atoms with van der Waals surface area (Å²) in [7, 11) is 0. The summed E-state index contributed by atoms with van der Waals surface area (Å²) < 4.78 is 5.77. The molecule has 0 heterocycles. The number of hydrogen-bond donors (Lipinski definition) is 1. The molecule has 0 saturated carbocycles. The van der Waals surface area contributed by atoms with Gasteiger partial charge in [-0.05, 0) is 24.0 Å². The third-order valence-electron chi connectivity index (χ3n) is 2.16. The summed E-state index contributed by atoms with van der Waals surface area (Å²) >= 11 is 0. The number of para-hydroxylation sites is 2. The van der Waals surface area contributed by atoms with Crippen LogP contribution in [0.5, 0.6) is 5.75 Å². The highest BCUT2D eigenvalue weighted by Gasteiger charge is 2.04. The van der Waals surface area contributed by atoms with Crippen LogP contribution < -0.4 is 10.1 Å². The largest absolute Gasteiger partial charge is 0.491 e. The van der Waals surface area contributed by atoms with Gasteiger partial charge in [-0.2, -0.15) is 0 Å². The molecule has 0 aliphatic carbocycles. The van der Waals surface area contributed by atoms with Gasteiger partial charge in [-0.25, -0.2) is 0 Å². The van der Waals surface area contributed by atoms with E-state index in [0.29, 0.717) is 11.8 Å². The fourth-order valence-corrected chi connectivity index (χ4v) is 1.31. The minimum Gasteiger partial charge on any atom is -0.491 e. The van der Waals surface area contributed by atoms with Crippen molar-refractivity contribution < 1.29 is 4.74 Å². The minimum atomic E-state index is 0.554. The van der Waals surface area contributed by atoms with Gasteiger partial charge in [0.05, 0.1) is 12.3 Å². The van der Waals surface area contributed by atoms with Crippen molar-refractivity contribution in [1.82, 2.24) is 0 Å². The lowest BCUT2D eigenvalue weighted by Gasteiger charge is -2.15. The Labute approximate surface area is 99.0 Å². The highest BCUT2D eigenvalue weighted by atomic mass is 16.5. The lowest BCUT2D eigenvalue weighted by atomic mass is 10.2. The van der Waals surface area contributed by atoms with E-state index in [-0.39, 0.29) is 0 Å². The SMILES string of the molecule is CC(C)CNc1ccccc1OCC(C)C. The van der Waals surface area contributed by atoms with E-state index in [1.807, 2.05) is 18.2 Å². The summed E-state index contributed by atoms with van der Waals surface area (Å²) in [5.41, 5.74) is 1.09. The number of ether oxygens (including phenoxy) is 1. The van der Waals surface area contributed by atoms with Crippen molar-refractivity contribution in [3.63, 3.8) is 0 Å². The summed E-state index contributed by atoms with van der Waals surface area (Å²) in [6, 6.07) is 8.13. The smallest absolute Gasteiger partial charge is 0.142 e. The van der Waals surface area contributed by atoms with Gasteiger partial charge in [-0.15, -0.1) is 0 Å². The lowest BCUT2D eigenvalue weighted by molar-refractivity contribution is 0.272. The number of hydrogen-bond acceptors (Lipinski definition) is 2. The summed E-state index contributed by atoms with van der Waals surface area (Å²) in [5.74, 6) is 2.15. The van der Waals surface area contributed by atoms with Crippen molar-refractivity contribution in [3.8, 4) is 5.75 Å². The van der Waals surface area contributed by atoms with Crippen LogP contribution in [0.3, 0.4) is 0 Å². The second-order valence-electron chi connectivity index (χ2n) is 4.98. The maximum Gasteiger partial charge on any atom is 0.142 e. The molecule has 2 nitrogen and oxygen atoms in total. The van der Waals surface area contributed by atoms with E-state index < -0.39 is 0 Å². The standard InChI is InChI=1S/C14H23NO/c1-11(2)9-15-13-7-5-6-8-14(13)16-10-12(3)4/h5-8,11-12,15H,9-10H2,1-4H3. The Morgan fingerprint density at radius 2 is 1.75 bits per heavy atom. The van der Waals surface area contributed by atoms with Gasteiger partial charge in [-0.1, -0.05) is 39.8 Å². The van der Waals surface area contributed by atoms with Crippen LogP contribution in [0.2, 0.25) is 0 Å². The van der Waals surface area contributed by atoms with Crippen molar-refractivity contribution in [2.75, 3.05) is 18.5 Å². The van der Waals surface area contributed by atoms with Gasteiger partial charge in [0, 0.05) is 6.54 Å². The van der Waals surface area contributed by atoms with Gasteiger partial charge in [0.15, 0.2) is 0 Å². The molecule has 0 radical (unpaired) electrons. The maximum absolute atomic E-state index is 5.77. The second-order valence-corrected chi connectivity index (χ2v) is 4.98. The predicted molar refractivity (Wildman–Crippen MR) is 70.1 cm³/mol. The van der Waals surface area contributed by atoms with Crippen LogP contribution in [0.25, 0.3) is 0 Å².